The summed E-state index contributed by atoms with van der Waals surface area (Å²) in [6, 6.07) is 67.0. The summed E-state index contributed by atoms with van der Waals surface area (Å²) in [5.41, 5.74) is 22.0. The smallest absolute Gasteiger partial charge is 0.0538 e. The van der Waals surface area contributed by atoms with Gasteiger partial charge in [0.25, 0.3) is 0 Å². The standard InChI is InChI=1S/C65H48N4/c1-43-51(57-27-13-12-26-56(57)48-17-15-37-67-42-48)31-35-64-65(43)60-40-46(30-34-63(60)69(64)50-20-6-3-7-21-50)53-23-9-8-22-52(53)44-28-32-61-58(38-44)59-39-45(29-33-62(59)68(61)49-18-4-2-5-19-49)54-24-10-11-25-55(54)47-16-14-36-66-41-47/h2-4,6-18,20-43,51H,5,19H2,1H3. The molecule has 4 heteroatoms. The highest BCUT2D eigenvalue weighted by Crippen LogP contribution is 2.49. The van der Waals surface area contributed by atoms with Crippen LogP contribution >= 0.6 is 0 Å². The zero-order valence-electron chi connectivity index (χ0n) is 38.4. The fourth-order valence-corrected chi connectivity index (χ4v) is 11.4. The van der Waals surface area contributed by atoms with Crippen molar-refractivity contribution >= 4 is 44.5 Å². The van der Waals surface area contributed by atoms with Crippen LogP contribution in [0.1, 0.15) is 48.4 Å². The minimum absolute atomic E-state index is 0.179. The van der Waals surface area contributed by atoms with Crippen LogP contribution in [0.25, 0.3) is 106 Å². The van der Waals surface area contributed by atoms with Crippen LogP contribution in [0.4, 0.5) is 0 Å². The summed E-state index contributed by atoms with van der Waals surface area (Å²) < 4.78 is 4.95. The number of benzene rings is 7. The van der Waals surface area contributed by atoms with Gasteiger partial charge in [-0.3, -0.25) is 9.97 Å². The number of allylic oxidation sites excluding steroid dienone is 5. The van der Waals surface area contributed by atoms with Crippen molar-refractivity contribution in [1.82, 2.24) is 19.1 Å². The number of nitrogens with zero attached hydrogens (tertiary/aromatic N) is 4. The molecule has 69 heavy (non-hydrogen) atoms. The molecule has 0 saturated heterocycles. The Morgan fingerprint density at radius 1 is 0.478 bits per heavy atom. The molecule has 328 valence electrons. The maximum absolute atomic E-state index is 4.49. The fourth-order valence-electron chi connectivity index (χ4n) is 11.4. The van der Waals surface area contributed by atoms with E-state index in [1.54, 1.807) is 0 Å². The SMILES string of the molecule is CC1c2c(n(-c3ccccc3)c3ccc(-c4ccccc4-c4ccc5c(c4)c4cc(-c6ccccc6-c6cccnc6)ccc4n5C4=CC=CCC4)cc23)C=CC1c1ccccc1-c1cccnc1. The molecule has 7 aromatic carbocycles. The predicted octanol–water partition coefficient (Wildman–Crippen LogP) is 17.0. The van der Waals surface area contributed by atoms with E-state index in [0.717, 1.165) is 24.0 Å². The van der Waals surface area contributed by atoms with E-state index in [9.17, 15) is 0 Å². The third kappa shape index (κ3) is 6.90. The molecule has 11 aromatic rings. The van der Waals surface area contributed by atoms with Gasteiger partial charge < -0.3 is 9.13 Å². The van der Waals surface area contributed by atoms with Gasteiger partial charge in [-0.25, -0.2) is 0 Å². The molecular formula is C65H48N4. The van der Waals surface area contributed by atoms with E-state index in [1.165, 1.54) is 105 Å². The summed E-state index contributed by atoms with van der Waals surface area (Å²) in [4.78, 5) is 8.96. The van der Waals surface area contributed by atoms with Crippen LogP contribution in [-0.2, 0) is 0 Å². The largest absolute Gasteiger partial charge is 0.313 e. The number of rotatable bonds is 8. The lowest BCUT2D eigenvalue weighted by molar-refractivity contribution is 0.672. The summed E-state index contributed by atoms with van der Waals surface area (Å²) in [7, 11) is 0. The van der Waals surface area contributed by atoms with Crippen LogP contribution < -0.4 is 0 Å². The molecule has 0 aliphatic heterocycles. The zero-order valence-corrected chi connectivity index (χ0v) is 38.4. The molecule has 0 spiro atoms. The molecule has 13 rings (SSSR count). The van der Waals surface area contributed by atoms with Crippen molar-refractivity contribution in [3.05, 3.63) is 248 Å². The van der Waals surface area contributed by atoms with Gasteiger partial charge in [0.2, 0.25) is 0 Å². The molecule has 0 bridgehead atoms. The van der Waals surface area contributed by atoms with E-state index in [1.807, 2.05) is 36.9 Å². The van der Waals surface area contributed by atoms with Crippen molar-refractivity contribution in [1.29, 1.82) is 0 Å². The van der Waals surface area contributed by atoms with Crippen LogP contribution in [0.5, 0.6) is 0 Å². The first-order valence-corrected chi connectivity index (χ1v) is 24.1. The van der Waals surface area contributed by atoms with E-state index < -0.39 is 0 Å². The van der Waals surface area contributed by atoms with Gasteiger partial charge in [-0.1, -0.05) is 146 Å². The number of pyridine rings is 2. The van der Waals surface area contributed by atoms with E-state index >= 15 is 0 Å². The molecule has 0 fully saturated rings. The van der Waals surface area contributed by atoms with Crippen molar-refractivity contribution in [3.63, 3.8) is 0 Å². The Hall–Kier alpha value is -8.60. The summed E-state index contributed by atoms with van der Waals surface area (Å²) in [5.74, 6) is 0.384. The van der Waals surface area contributed by atoms with Crippen molar-refractivity contribution in [3.8, 4) is 61.3 Å². The number of hydrogen-bond donors (Lipinski definition) is 0. The van der Waals surface area contributed by atoms with Crippen molar-refractivity contribution in [2.75, 3.05) is 0 Å². The Morgan fingerprint density at radius 3 is 1.57 bits per heavy atom. The molecule has 2 unspecified atom stereocenters. The number of fused-ring (bicyclic) bond motifs is 6. The first kappa shape index (κ1) is 40.7. The van der Waals surface area contributed by atoms with Gasteiger partial charge in [-0.05, 0) is 147 Å². The van der Waals surface area contributed by atoms with Gasteiger partial charge in [0, 0.05) is 69.4 Å². The number of aromatic nitrogens is 4. The topological polar surface area (TPSA) is 35.6 Å². The normalized spacial score (nSPS) is 15.5. The lowest BCUT2D eigenvalue weighted by Gasteiger charge is -2.28. The molecule has 0 N–H and O–H groups in total. The van der Waals surface area contributed by atoms with Crippen molar-refractivity contribution in [2.24, 2.45) is 0 Å². The second kappa shape index (κ2) is 16.9. The van der Waals surface area contributed by atoms with Crippen molar-refractivity contribution in [2.45, 2.75) is 31.6 Å². The maximum atomic E-state index is 4.49. The maximum Gasteiger partial charge on any atom is 0.0538 e. The lowest BCUT2D eigenvalue weighted by Crippen LogP contribution is -2.13. The van der Waals surface area contributed by atoms with E-state index in [-0.39, 0.29) is 11.8 Å². The Balaban J connectivity index is 0.969. The molecule has 0 radical (unpaired) electrons. The third-order valence-electron chi connectivity index (χ3n) is 14.6. The molecule has 2 atom stereocenters. The fraction of sp³-hybridized carbons (Fsp3) is 0.0769. The third-order valence-corrected chi connectivity index (χ3v) is 14.6. The van der Waals surface area contributed by atoms with Gasteiger partial charge in [0.05, 0.1) is 22.2 Å². The van der Waals surface area contributed by atoms with Crippen LogP contribution in [-0.4, -0.2) is 19.1 Å². The lowest BCUT2D eigenvalue weighted by atomic mass is 9.76. The molecule has 4 nitrogen and oxygen atoms in total. The summed E-state index contributed by atoms with van der Waals surface area (Å²) in [6.07, 6.45) is 21.2. The van der Waals surface area contributed by atoms with Gasteiger partial charge in [-0.2, -0.15) is 0 Å². The van der Waals surface area contributed by atoms with Gasteiger partial charge >= 0.3 is 0 Å². The Kier molecular flexibility index (Phi) is 9.97. The Labute approximate surface area is 402 Å². The molecule has 0 amide bonds. The molecule has 2 aliphatic rings. The Morgan fingerprint density at radius 2 is 1.00 bits per heavy atom. The predicted molar refractivity (Wildman–Crippen MR) is 288 cm³/mol. The van der Waals surface area contributed by atoms with Gasteiger partial charge in [-0.15, -0.1) is 0 Å². The monoisotopic (exact) mass is 884 g/mol. The van der Waals surface area contributed by atoms with Crippen LogP contribution in [0.3, 0.4) is 0 Å². The second-order valence-corrected chi connectivity index (χ2v) is 18.5. The second-order valence-electron chi connectivity index (χ2n) is 18.5. The van der Waals surface area contributed by atoms with E-state index in [2.05, 4.69) is 226 Å². The highest BCUT2D eigenvalue weighted by molar-refractivity contribution is 6.13. The van der Waals surface area contributed by atoms with Crippen LogP contribution in [0.15, 0.2) is 231 Å². The Bertz CT molecular complexity index is 3850. The van der Waals surface area contributed by atoms with E-state index in [0.29, 0.717) is 0 Å². The summed E-state index contributed by atoms with van der Waals surface area (Å²) in [5, 5.41) is 3.78. The average molecular weight is 885 g/mol. The molecule has 0 saturated carbocycles. The molecule has 2 aliphatic carbocycles. The quantitative estimate of drug-likeness (QED) is 0.152. The molecule has 4 aromatic heterocycles. The summed E-state index contributed by atoms with van der Waals surface area (Å²) in [6.45, 7) is 2.41. The number of hydrogen-bond acceptors (Lipinski definition) is 2. The zero-order chi connectivity index (χ0) is 45.8. The minimum atomic E-state index is 0.179. The van der Waals surface area contributed by atoms with Crippen molar-refractivity contribution < 1.29 is 0 Å². The first-order chi connectivity index (χ1) is 34.2. The molecule has 4 heterocycles. The summed E-state index contributed by atoms with van der Waals surface area (Å²) >= 11 is 0. The number of para-hydroxylation sites is 1. The highest BCUT2D eigenvalue weighted by atomic mass is 15.0. The van der Waals surface area contributed by atoms with E-state index in [4.69, 9.17) is 0 Å². The molecular weight excluding hydrogens is 837 g/mol. The van der Waals surface area contributed by atoms with Crippen LogP contribution in [0, 0.1) is 0 Å². The minimum Gasteiger partial charge on any atom is -0.313 e. The highest BCUT2D eigenvalue weighted by Gasteiger charge is 2.31. The van der Waals surface area contributed by atoms with Gasteiger partial charge in [0.1, 0.15) is 0 Å². The average Bonchev–Trinajstić information content (AvgIpc) is 3.94. The van der Waals surface area contributed by atoms with Crippen LogP contribution in [0.2, 0.25) is 0 Å². The van der Waals surface area contributed by atoms with Gasteiger partial charge in [0.15, 0.2) is 0 Å². The first-order valence-electron chi connectivity index (χ1n) is 24.1.